The second kappa shape index (κ2) is 8.13. The van der Waals surface area contributed by atoms with Crippen molar-refractivity contribution in [3.63, 3.8) is 0 Å². The standard InChI is InChI=1S/C17H27FN2O2/c1-12(10-14-8-6-7-9-15(14)18)19-11-13(2)20-16(21)22-17(3,4)5/h6-9,12-13,19H,10-11H2,1-5H3,(H,20,21). The smallest absolute Gasteiger partial charge is 0.407 e. The first-order valence-electron chi connectivity index (χ1n) is 7.63. The number of hydrogen-bond donors (Lipinski definition) is 2. The summed E-state index contributed by atoms with van der Waals surface area (Å²) in [5.74, 6) is -0.184. The Labute approximate surface area is 132 Å². The number of rotatable bonds is 6. The molecule has 0 aliphatic heterocycles. The molecule has 0 aliphatic carbocycles. The molecule has 0 saturated heterocycles. The summed E-state index contributed by atoms with van der Waals surface area (Å²) in [4.78, 5) is 11.6. The van der Waals surface area contributed by atoms with Crippen LogP contribution in [-0.2, 0) is 11.2 Å². The molecule has 0 bridgehead atoms. The fourth-order valence-electron chi connectivity index (χ4n) is 2.00. The van der Waals surface area contributed by atoms with Crippen molar-refractivity contribution in [3.05, 3.63) is 35.6 Å². The van der Waals surface area contributed by atoms with Crippen molar-refractivity contribution in [1.29, 1.82) is 0 Å². The SMILES string of the molecule is CC(Cc1ccccc1F)NCC(C)NC(=O)OC(C)(C)C. The summed E-state index contributed by atoms with van der Waals surface area (Å²) in [5.41, 5.74) is 0.185. The molecular weight excluding hydrogens is 283 g/mol. The third-order valence-electron chi connectivity index (χ3n) is 3.02. The zero-order valence-electron chi connectivity index (χ0n) is 14.1. The van der Waals surface area contributed by atoms with Gasteiger partial charge in [0.1, 0.15) is 11.4 Å². The number of nitrogens with one attached hydrogen (secondary N) is 2. The van der Waals surface area contributed by atoms with Crippen LogP contribution in [0, 0.1) is 5.82 Å². The highest BCUT2D eigenvalue weighted by molar-refractivity contribution is 5.68. The van der Waals surface area contributed by atoms with E-state index in [0.717, 1.165) is 0 Å². The van der Waals surface area contributed by atoms with Gasteiger partial charge in [-0.3, -0.25) is 0 Å². The van der Waals surface area contributed by atoms with E-state index in [2.05, 4.69) is 10.6 Å². The zero-order chi connectivity index (χ0) is 16.8. The Morgan fingerprint density at radius 1 is 1.23 bits per heavy atom. The van der Waals surface area contributed by atoms with E-state index in [-0.39, 0.29) is 17.9 Å². The molecule has 0 fully saturated rings. The van der Waals surface area contributed by atoms with Crippen molar-refractivity contribution in [2.24, 2.45) is 0 Å². The van der Waals surface area contributed by atoms with Gasteiger partial charge < -0.3 is 15.4 Å². The van der Waals surface area contributed by atoms with E-state index in [1.165, 1.54) is 6.07 Å². The molecular formula is C17H27FN2O2. The highest BCUT2D eigenvalue weighted by Crippen LogP contribution is 2.09. The lowest BCUT2D eigenvalue weighted by Gasteiger charge is -2.23. The number of benzene rings is 1. The second-order valence-corrected chi connectivity index (χ2v) is 6.65. The van der Waals surface area contributed by atoms with Crippen LogP contribution in [0.15, 0.2) is 24.3 Å². The normalized spacial score (nSPS) is 14.3. The average molecular weight is 310 g/mol. The molecule has 0 radical (unpaired) electrons. The van der Waals surface area contributed by atoms with Gasteiger partial charge in [-0.15, -0.1) is 0 Å². The molecule has 0 aromatic heterocycles. The Balaban J connectivity index is 2.33. The summed E-state index contributed by atoms with van der Waals surface area (Å²) >= 11 is 0. The van der Waals surface area contributed by atoms with Crippen molar-refractivity contribution in [2.75, 3.05) is 6.54 Å². The van der Waals surface area contributed by atoms with Crippen LogP contribution in [0.4, 0.5) is 9.18 Å². The first-order chi connectivity index (χ1) is 10.2. The number of carbonyl (C=O) groups is 1. The molecule has 124 valence electrons. The lowest BCUT2D eigenvalue weighted by atomic mass is 10.1. The van der Waals surface area contributed by atoms with E-state index >= 15 is 0 Å². The summed E-state index contributed by atoms with van der Waals surface area (Å²) < 4.78 is 18.8. The monoisotopic (exact) mass is 310 g/mol. The Kier molecular flexibility index (Phi) is 6.81. The van der Waals surface area contributed by atoms with Crippen LogP contribution in [0.2, 0.25) is 0 Å². The minimum absolute atomic E-state index is 0.0714. The summed E-state index contributed by atoms with van der Waals surface area (Å²) in [5, 5.41) is 6.06. The molecule has 1 aromatic rings. The predicted octanol–water partition coefficient (Wildman–Crippen LogP) is 3.26. The molecule has 5 heteroatoms. The molecule has 22 heavy (non-hydrogen) atoms. The van der Waals surface area contributed by atoms with Gasteiger partial charge in [-0.05, 0) is 52.7 Å². The van der Waals surface area contributed by atoms with E-state index in [1.807, 2.05) is 40.7 Å². The number of ether oxygens (including phenoxy) is 1. The lowest BCUT2D eigenvalue weighted by molar-refractivity contribution is 0.0507. The Hall–Kier alpha value is -1.62. The van der Waals surface area contributed by atoms with Gasteiger partial charge in [0.15, 0.2) is 0 Å². The van der Waals surface area contributed by atoms with Gasteiger partial charge in [-0.25, -0.2) is 9.18 Å². The van der Waals surface area contributed by atoms with Gasteiger partial charge in [0, 0.05) is 18.6 Å². The fraction of sp³-hybridized carbons (Fsp3) is 0.588. The van der Waals surface area contributed by atoms with Crippen molar-refractivity contribution >= 4 is 6.09 Å². The van der Waals surface area contributed by atoms with Crippen LogP contribution >= 0.6 is 0 Å². The molecule has 1 rings (SSSR count). The van der Waals surface area contributed by atoms with Crippen molar-refractivity contribution in [1.82, 2.24) is 10.6 Å². The minimum atomic E-state index is -0.505. The maximum Gasteiger partial charge on any atom is 0.407 e. The van der Waals surface area contributed by atoms with Crippen LogP contribution in [-0.4, -0.2) is 30.3 Å². The molecule has 0 heterocycles. The molecule has 0 aliphatic rings. The molecule has 2 N–H and O–H groups in total. The van der Waals surface area contributed by atoms with E-state index < -0.39 is 11.7 Å². The van der Waals surface area contributed by atoms with Crippen LogP contribution in [0.3, 0.4) is 0 Å². The first-order valence-corrected chi connectivity index (χ1v) is 7.63. The number of hydrogen-bond acceptors (Lipinski definition) is 3. The molecule has 0 saturated carbocycles. The second-order valence-electron chi connectivity index (χ2n) is 6.65. The van der Waals surface area contributed by atoms with Crippen molar-refractivity contribution in [3.8, 4) is 0 Å². The van der Waals surface area contributed by atoms with E-state index in [1.54, 1.807) is 12.1 Å². The fourth-order valence-corrected chi connectivity index (χ4v) is 2.00. The predicted molar refractivity (Wildman–Crippen MR) is 86.4 cm³/mol. The van der Waals surface area contributed by atoms with Crippen LogP contribution in [0.25, 0.3) is 0 Å². The molecule has 2 unspecified atom stereocenters. The summed E-state index contributed by atoms with van der Waals surface area (Å²) in [6.45, 7) is 9.96. The topological polar surface area (TPSA) is 50.4 Å². The molecule has 1 aromatic carbocycles. The Morgan fingerprint density at radius 3 is 2.45 bits per heavy atom. The summed E-state index contributed by atoms with van der Waals surface area (Å²) in [6, 6.07) is 6.81. The van der Waals surface area contributed by atoms with Crippen LogP contribution < -0.4 is 10.6 Å². The van der Waals surface area contributed by atoms with Crippen LogP contribution in [0.1, 0.15) is 40.2 Å². The van der Waals surface area contributed by atoms with Gasteiger partial charge in [0.2, 0.25) is 0 Å². The maximum absolute atomic E-state index is 13.6. The van der Waals surface area contributed by atoms with Crippen molar-refractivity contribution in [2.45, 2.75) is 58.7 Å². The van der Waals surface area contributed by atoms with E-state index in [9.17, 15) is 9.18 Å². The number of carbonyl (C=O) groups excluding carboxylic acids is 1. The quantitative estimate of drug-likeness (QED) is 0.848. The average Bonchev–Trinajstić information content (AvgIpc) is 2.37. The Bertz CT molecular complexity index is 486. The number of halogens is 1. The van der Waals surface area contributed by atoms with Gasteiger partial charge in [-0.2, -0.15) is 0 Å². The first kappa shape index (κ1) is 18.4. The molecule has 2 atom stereocenters. The minimum Gasteiger partial charge on any atom is -0.444 e. The van der Waals surface area contributed by atoms with E-state index in [4.69, 9.17) is 4.74 Å². The van der Waals surface area contributed by atoms with Gasteiger partial charge >= 0.3 is 6.09 Å². The highest BCUT2D eigenvalue weighted by atomic mass is 19.1. The summed E-state index contributed by atoms with van der Waals surface area (Å²) in [6.07, 6.45) is 0.176. The number of alkyl carbamates (subject to hydrolysis) is 1. The number of amides is 1. The third kappa shape index (κ3) is 7.41. The van der Waals surface area contributed by atoms with Crippen LogP contribution in [0.5, 0.6) is 0 Å². The molecule has 0 spiro atoms. The maximum atomic E-state index is 13.6. The van der Waals surface area contributed by atoms with Gasteiger partial charge in [0.25, 0.3) is 0 Å². The van der Waals surface area contributed by atoms with Crippen molar-refractivity contribution < 1.29 is 13.9 Å². The van der Waals surface area contributed by atoms with E-state index in [0.29, 0.717) is 18.5 Å². The largest absolute Gasteiger partial charge is 0.444 e. The lowest BCUT2D eigenvalue weighted by Crippen LogP contribution is -2.44. The third-order valence-corrected chi connectivity index (χ3v) is 3.02. The van der Waals surface area contributed by atoms with Gasteiger partial charge in [0.05, 0.1) is 0 Å². The van der Waals surface area contributed by atoms with Gasteiger partial charge in [-0.1, -0.05) is 18.2 Å². The summed E-state index contributed by atoms with van der Waals surface area (Å²) in [7, 11) is 0. The molecule has 4 nitrogen and oxygen atoms in total. The Morgan fingerprint density at radius 2 is 1.86 bits per heavy atom. The highest BCUT2D eigenvalue weighted by Gasteiger charge is 2.17. The zero-order valence-corrected chi connectivity index (χ0v) is 14.1. The molecule has 1 amide bonds.